The smallest absolute Gasteiger partial charge is 0.146 e. The fraction of sp³-hybridized carbons (Fsp3) is 0.200. The van der Waals surface area contributed by atoms with Crippen LogP contribution in [0.3, 0.4) is 0 Å². The SMILES string of the molecule is COc1ccc(F)c(NC(C)c2ccc(Cl)c(F)c2)c1. The zero-order chi connectivity index (χ0) is 14.7. The Kier molecular flexibility index (Phi) is 4.45. The summed E-state index contributed by atoms with van der Waals surface area (Å²) in [6.45, 7) is 1.81. The van der Waals surface area contributed by atoms with Crippen LogP contribution < -0.4 is 10.1 Å². The van der Waals surface area contributed by atoms with E-state index in [0.29, 0.717) is 17.0 Å². The van der Waals surface area contributed by atoms with E-state index in [1.165, 1.54) is 31.4 Å². The number of benzene rings is 2. The van der Waals surface area contributed by atoms with E-state index in [4.69, 9.17) is 16.3 Å². The zero-order valence-electron chi connectivity index (χ0n) is 11.1. The Balaban J connectivity index is 2.22. The van der Waals surface area contributed by atoms with E-state index >= 15 is 0 Å². The maximum absolute atomic E-state index is 13.7. The maximum Gasteiger partial charge on any atom is 0.146 e. The van der Waals surface area contributed by atoms with E-state index < -0.39 is 11.6 Å². The van der Waals surface area contributed by atoms with Crippen molar-refractivity contribution in [1.29, 1.82) is 0 Å². The highest BCUT2D eigenvalue weighted by molar-refractivity contribution is 6.30. The van der Waals surface area contributed by atoms with Gasteiger partial charge in [0.2, 0.25) is 0 Å². The first kappa shape index (κ1) is 14.6. The second-order valence-corrected chi connectivity index (χ2v) is 4.79. The summed E-state index contributed by atoms with van der Waals surface area (Å²) >= 11 is 5.64. The Bertz CT molecular complexity index is 619. The molecule has 0 amide bonds. The molecule has 0 spiro atoms. The number of hydrogen-bond donors (Lipinski definition) is 1. The highest BCUT2D eigenvalue weighted by Crippen LogP contribution is 2.27. The normalized spacial score (nSPS) is 12.1. The molecule has 0 fully saturated rings. The molecule has 2 aromatic carbocycles. The van der Waals surface area contributed by atoms with Crippen molar-refractivity contribution in [3.63, 3.8) is 0 Å². The number of rotatable bonds is 4. The Morgan fingerprint density at radius 1 is 1.10 bits per heavy atom. The van der Waals surface area contributed by atoms with E-state index in [0.717, 1.165) is 0 Å². The van der Waals surface area contributed by atoms with Gasteiger partial charge in [-0.15, -0.1) is 0 Å². The van der Waals surface area contributed by atoms with Gasteiger partial charge in [-0.3, -0.25) is 0 Å². The van der Waals surface area contributed by atoms with Crippen LogP contribution in [0, 0.1) is 11.6 Å². The molecule has 0 aliphatic carbocycles. The van der Waals surface area contributed by atoms with Crippen molar-refractivity contribution in [3.05, 3.63) is 58.6 Å². The quantitative estimate of drug-likeness (QED) is 0.875. The fourth-order valence-electron chi connectivity index (χ4n) is 1.84. The largest absolute Gasteiger partial charge is 0.497 e. The van der Waals surface area contributed by atoms with Crippen LogP contribution in [0.1, 0.15) is 18.5 Å². The van der Waals surface area contributed by atoms with Crippen molar-refractivity contribution in [1.82, 2.24) is 0 Å². The molecule has 0 saturated heterocycles. The predicted octanol–water partition coefficient (Wildman–Crippen LogP) is 4.80. The van der Waals surface area contributed by atoms with Gasteiger partial charge in [0.15, 0.2) is 0 Å². The average molecular weight is 298 g/mol. The molecule has 0 saturated carbocycles. The summed E-state index contributed by atoms with van der Waals surface area (Å²) in [6.07, 6.45) is 0. The molecule has 0 radical (unpaired) electrons. The summed E-state index contributed by atoms with van der Waals surface area (Å²) in [4.78, 5) is 0. The molecular formula is C15H14ClF2NO. The van der Waals surface area contributed by atoms with Gasteiger partial charge in [-0.1, -0.05) is 17.7 Å². The molecule has 2 nitrogen and oxygen atoms in total. The van der Waals surface area contributed by atoms with Crippen LogP contribution in [-0.2, 0) is 0 Å². The van der Waals surface area contributed by atoms with Gasteiger partial charge >= 0.3 is 0 Å². The molecule has 2 aromatic rings. The minimum Gasteiger partial charge on any atom is -0.497 e. The van der Waals surface area contributed by atoms with Crippen molar-refractivity contribution < 1.29 is 13.5 Å². The highest BCUT2D eigenvalue weighted by atomic mass is 35.5. The number of methoxy groups -OCH3 is 1. The molecule has 106 valence electrons. The van der Waals surface area contributed by atoms with Crippen molar-refractivity contribution in [2.75, 3.05) is 12.4 Å². The third kappa shape index (κ3) is 3.20. The molecule has 1 N–H and O–H groups in total. The van der Waals surface area contributed by atoms with Gasteiger partial charge in [0.1, 0.15) is 17.4 Å². The Hall–Kier alpha value is -1.81. The van der Waals surface area contributed by atoms with Crippen LogP contribution in [0.15, 0.2) is 36.4 Å². The van der Waals surface area contributed by atoms with Crippen LogP contribution in [0.4, 0.5) is 14.5 Å². The standard InChI is InChI=1S/C15H14ClF2NO/c1-9(10-3-5-12(16)14(18)7-10)19-15-8-11(20-2)4-6-13(15)17/h3-9,19H,1-2H3. The lowest BCUT2D eigenvalue weighted by Crippen LogP contribution is -2.08. The lowest BCUT2D eigenvalue weighted by molar-refractivity contribution is 0.414. The summed E-state index contributed by atoms with van der Waals surface area (Å²) in [5, 5.41) is 3.05. The van der Waals surface area contributed by atoms with Gasteiger partial charge in [0, 0.05) is 12.1 Å². The Labute approximate surface area is 121 Å². The lowest BCUT2D eigenvalue weighted by Gasteiger charge is -2.17. The first-order chi connectivity index (χ1) is 9.51. The van der Waals surface area contributed by atoms with E-state index in [2.05, 4.69) is 5.32 Å². The van der Waals surface area contributed by atoms with Gasteiger partial charge in [0.05, 0.1) is 17.8 Å². The van der Waals surface area contributed by atoms with Crippen molar-refractivity contribution in [3.8, 4) is 5.75 Å². The van der Waals surface area contributed by atoms with E-state index in [1.807, 2.05) is 6.92 Å². The molecule has 1 unspecified atom stereocenters. The Morgan fingerprint density at radius 2 is 1.85 bits per heavy atom. The topological polar surface area (TPSA) is 21.3 Å². The minimum absolute atomic E-state index is 0.0634. The van der Waals surface area contributed by atoms with Crippen LogP contribution in [-0.4, -0.2) is 7.11 Å². The monoisotopic (exact) mass is 297 g/mol. The van der Waals surface area contributed by atoms with Gasteiger partial charge < -0.3 is 10.1 Å². The minimum atomic E-state index is -0.496. The molecule has 5 heteroatoms. The molecule has 20 heavy (non-hydrogen) atoms. The molecule has 0 heterocycles. The van der Waals surface area contributed by atoms with Gasteiger partial charge in [-0.05, 0) is 36.8 Å². The van der Waals surface area contributed by atoms with Gasteiger partial charge in [0.25, 0.3) is 0 Å². The zero-order valence-corrected chi connectivity index (χ0v) is 11.8. The van der Waals surface area contributed by atoms with Crippen LogP contribution >= 0.6 is 11.6 Å². The summed E-state index contributed by atoms with van der Waals surface area (Å²) in [5.41, 5.74) is 0.973. The predicted molar refractivity (Wildman–Crippen MR) is 76.4 cm³/mol. The summed E-state index contributed by atoms with van der Waals surface area (Å²) in [5.74, 6) is -0.348. The number of hydrogen-bond acceptors (Lipinski definition) is 2. The third-order valence-corrected chi connectivity index (χ3v) is 3.30. The summed E-state index contributed by atoms with van der Waals surface area (Å²) in [7, 11) is 1.51. The summed E-state index contributed by atoms with van der Waals surface area (Å²) < 4.78 is 32.2. The summed E-state index contributed by atoms with van der Waals surface area (Å²) in [6, 6.07) is 8.64. The van der Waals surface area contributed by atoms with Crippen molar-refractivity contribution in [2.24, 2.45) is 0 Å². The van der Waals surface area contributed by atoms with Gasteiger partial charge in [-0.25, -0.2) is 8.78 Å². The molecule has 0 aromatic heterocycles. The highest BCUT2D eigenvalue weighted by Gasteiger charge is 2.11. The first-order valence-electron chi connectivity index (χ1n) is 6.06. The number of nitrogens with one attached hydrogen (secondary N) is 1. The maximum atomic E-state index is 13.7. The van der Waals surface area contributed by atoms with E-state index in [-0.39, 0.29) is 11.1 Å². The van der Waals surface area contributed by atoms with E-state index in [1.54, 1.807) is 12.1 Å². The lowest BCUT2D eigenvalue weighted by atomic mass is 10.1. The second kappa shape index (κ2) is 6.09. The van der Waals surface area contributed by atoms with Crippen LogP contribution in [0.25, 0.3) is 0 Å². The first-order valence-corrected chi connectivity index (χ1v) is 6.44. The van der Waals surface area contributed by atoms with Crippen molar-refractivity contribution >= 4 is 17.3 Å². The van der Waals surface area contributed by atoms with Crippen LogP contribution in [0.5, 0.6) is 5.75 Å². The molecule has 0 bridgehead atoms. The number of halogens is 3. The molecular weight excluding hydrogens is 284 g/mol. The molecule has 2 rings (SSSR count). The van der Waals surface area contributed by atoms with Gasteiger partial charge in [-0.2, -0.15) is 0 Å². The third-order valence-electron chi connectivity index (χ3n) is 2.99. The number of ether oxygens (including phenoxy) is 1. The van der Waals surface area contributed by atoms with E-state index in [9.17, 15) is 8.78 Å². The fourth-order valence-corrected chi connectivity index (χ4v) is 1.96. The second-order valence-electron chi connectivity index (χ2n) is 4.39. The number of anilines is 1. The van der Waals surface area contributed by atoms with Crippen molar-refractivity contribution in [2.45, 2.75) is 13.0 Å². The molecule has 0 aliphatic rings. The van der Waals surface area contributed by atoms with Crippen LogP contribution in [0.2, 0.25) is 5.02 Å². The Morgan fingerprint density at radius 3 is 2.50 bits per heavy atom. The average Bonchev–Trinajstić information content (AvgIpc) is 2.44. The molecule has 0 aliphatic heterocycles. The molecule has 1 atom stereocenters.